The minimum atomic E-state index is -3.06. The summed E-state index contributed by atoms with van der Waals surface area (Å²) in [6, 6.07) is 0.0264. The topological polar surface area (TPSA) is 63.4 Å². The van der Waals surface area contributed by atoms with Gasteiger partial charge in [-0.1, -0.05) is 0 Å². The first kappa shape index (κ1) is 9.95. The summed E-state index contributed by atoms with van der Waals surface area (Å²) in [4.78, 5) is 0. The van der Waals surface area contributed by atoms with Gasteiger partial charge in [0.15, 0.2) is 0 Å². The van der Waals surface area contributed by atoms with Crippen molar-refractivity contribution < 1.29 is 8.42 Å². The van der Waals surface area contributed by atoms with E-state index >= 15 is 0 Å². The predicted octanol–water partition coefficient (Wildman–Crippen LogP) is -0.242. The molecule has 1 aliphatic rings. The molecule has 1 rings (SSSR count). The Kier molecular flexibility index (Phi) is 2.75. The molecule has 0 spiro atoms. The third-order valence-electron chi connectivity index (χ3n) is 2.14. The van der Waals surface area contributed by atoms with Gasteiger partial charge in [0, 0.05) is 19.1 Å². The average Bonchev–Trinajstić information content (AvgIpc) is 2.35. The lowest BCUT2D eigenvalue weighted by atomic mass is 10.3. The Labute approximate surface area is 73.8 Å². The van der Waals surface area contributed by atoms with Crippen LogP contribution in [0.5, 0.6) is 0 Å². The van der Waals surface area contributed by atoms with Crippen LogP contribution < -0.4 is 5.73 Å². The maximum absolute atomic E-state index is 11.5. The largest absolute Gasteiger partial charge is 0.326 e. The molecule has 4 nitrogen and oxygen atoms in total. The van der Waals surface area contributed by atoms with Gasteiger partial charge in [-0.3, -0.25) is 0 Å². The highest BCUT2D eigenvalue weighted by molar-refractivity contribution is 7.89. The Morgan fingerprint density at radius 2 is 2.08 bits per heavy atom. The maximum atomic E-state index is 11.5. The molecule has 1 fully saturated rings. The van der Waals surface area contributed by atoms with Crippen molar-refractivity contribution in [2.24, 2.45) is 5.73 Å². The van der Waals surface area contributed by atoms with Crippen molar-refractivity contribution in [2.45, 2.75) is 31.6 Å². The van der Waals surface area contributed by atoms with E-state index in [4.69, 9.17) is 5.73 Å². The van der Waals surface area contributed by atoms with E-state index in [1.54, 1.807) is 13.8 Å². The molecule has 5 heteroatoms. The van der Waals surface area contributed by atoms with E-state index in [1.165, 1.54) is 4.31 Å². The zero-order valence-corrected chi connectivity index (χ0v) is 8.34. The molecule has 1 aliphatic heterocycles. The molecule has 1 saturated heterocycles. The first-order valence-corrected chi connectivity index (χ1v) is 5.69. The van der Waals surface area contributed by atoms with Gasteiger partial charge < -0.3 is 5.73 Å². The van der Waals surface area contributed by atoms with Crippen LogP contribution in [-0.4, -0.2) is 37.1 Å². The average molecular weight is 192 g/mol. The second kappa shape index (κ2) is 3.32. The fourth-order valence-corrected chi connectivity index (χ4v) is 2.64. The van der Waals surface area contributed by atoms with Crippen LogP contribution in [0.3, 0.4) is 0 Å². The Bertz CT molecular complexity index is 248. The maximum Gasteiger partial charge on any atom is 0.216 e. The Morgan fingerprint density at radius 3 is 2.42 bits per heavy atom. The van der Waals surface area contributed by atoms with Gasteiger partial charge in [0.05, 0.1) is 5.25 Å². The molecule has 0 saturated carbocycles. The van der Waals surface area contributed by atoms with E-state index in [9.17, 15) is 8.42 Å². The molecule has 1 unspecified atom stereocenters. The molecule has 1 atom stereocenters. The summed E-state index contributed by atoms with van der Waals surface area (Å²) in [6.07, 6.45) is 0.784. The van der Waals surface area contributed by atoms with Crippen LogP contribution >= 0.6 is 0 Å². The summed E-state index contributed by atoms with van der Waals surface area (Å²) in [5.41, 5.74) is 5.62. The van der Waals surface area contributed by atoms with Gasteiger partial charge in [-0.05, 0) is 20.3 Å². The van der Waals surface area contributed by atoms with Gasteiger partial charge in [0.1, 0.15) is 0 Å². The first-order chi connectivity index (χ1) is 5.44. The van der Waals surface area contributed by atoms with Crippen molar-refractivity contribution in [3.8, 4) is 0 Å². The summed E-state index contributed by atoms with van der Waals surface area (Å²) in [7, 11) is -3.06. The van der Waals surface area contributed by atoms with Crippen LogP contribution in [0.4, 0.5) is 0 Å². The van der Waals surface area contributed by atoms with Crippen LogP contribution in [0, 0.1) is 0 Å². The number of hydrogen-bond acceptors (Lipinski definition) is 3. The van der Waals surface area contributed by atoms with E-state index in [0.29, 0.717) is 13.1 Å². The highest BCUT2D eigenvalue weighted by atomic mass is 32.2. The number of rotatable bonds is 2. The van der Waals surface area contributed by atoms with Gasteiger partial charge in [-0.25, -0.2) is 12.7 Å². The molecule has 2 N–H and O–H groups in total. The molecule has 0 aromatic rings. The van der Waals surface area contributed by atoms with Crippen molar-refractivity contribution >= 4 is 10.0 Å². The lowest BCUT2D eigenvalue weighted by Crippen LogP contribution is -2.36. The third kappa shape index (κ3) is 1.78. The Balaban J connectivity index is 2.71. The second-order valence-corrected chi connectivity index (χ2v) is 5.99. The SMILES string of the molecule is CC(C)S(=O)(=O)N1CCC(N)C1. The van der Waals surface area contributed by atoms with E-state index < -0.39 is 10.0 Å². The molecule has 0 radical (unpaired) electrons. The molecule has 0 amide bonds. The van der Waals surface area contributed by atoms with E-state index in [2.05, 4.69) is 0 Å². The smallest absolute Gasteiger partial charge is 0.216 e. The fraction of sp³-hybridized carbons (Fsp3) is 1.00. The van der Waals surface area contributed by atoms with Crippen LogP contribution in [0.2, 0.25) is 0 Å². The van der Waals surface area contributed by atoms with Crippen molar-refractivity contribution in [3.63, 3.8) is 0 Å². The third-order valence-corrected chi connectivity index (χ3v) is 4.39. The zero-order valence-electron chi connectivity index (χ0n) is 7.53. The standard InChI is InChI=1S/C7H16N2O2S/c1-6(2)12(10,11)9-4-3-7(8)5-9/h6-7H,3-5,8H2,1-2H3. The van der Waals surface area contributed by atoms with E-state index in [0.717, 1.165) is 6.42 Å². The summed E-state index contributed by atoms with van der Waals surface area (Å²) < 4.78 is 24.6. The number of hydrogen-bond donors (Lipinski definition) is 1. The number of sulfonamides is 1. The molecular weight excluding hydrogens is 176 g/mol. The number of nitrogens with zero attached hydrogens (tertiary/aromatic N) is 1. The van der Waals surface area contributed by atoms with Crippen LogP contribution in [0.15, 0.2) is 0 Å². The minimum absolute atomic E-state index is 0.0264. The van der Waals surface area contributed by atoms with E-state index in [-0.39, 0.29) is 11.3 Å². The van der Waals surface area contributed by atoms with Gasteiger partial charge in [-0.15, -0.1) is 0 Å². The van der Waals surface area contributed by atoms with Gasteiger partial charge >= 0.3 is 0 Å². The van der Waals surface area contributed by atoms with Crippen molar-refractivity contribution in [2.75, 3.05) is 13.1 Å². The highest BCUT2D eigenvalue weighted by Gasteiger charge is 2.31. The Morgan fingerprint density at radius 1 is 1.50 bits per heavy atom. The summed E-state index contributed by atoms with van der Waals surface area (Å²) in [6.45, 7) is 4.46. The van der Waals surface area contributed by atoms with E-state index in [1.807, 2.05) is 0 Å². The second-order valence-electron chi connectivity index (χ2n) is 3.50. The van der Waals surface area contributed by atoms with Crippen molar-refractivity contribution in [1.29, 1.82) is 0 Å². The molecule has 0 aromatic heterocycles. The monoisotopic (exact) mass is 192 g/mol. The summed E-state index contributed by atoms with van der Waals surface area (Å²) >= 11 is 0. The molecule has 0 aliphatic carbocycles. The van der Waals surface area contributed by atoms with Crippen molar-refractivity contribution in [3.05, 3.63) is 0 Å². The van der Waals surface area contributed by atoms with Gasteiger partial charge in [0.2, 0.25) is 10.0 Å². The molecule has 12 heavy (non-hydrogen) atoms. The minimum Gasteiger partial charge on any atom is -0.326 e. The van der Waals surface area contributed by atoms with Crippen LogP contribution in [-0.2, 0) is 10.0 Å². The van der Waals surface area contributed by atoms with Crippen LogP contribution in [0.1, 0.15) is 20.3 Å². The Hall–Kier alpha value is -0.130. The quantitative estimate of drug-likeness (QED) is 0.656. The first-order valence-electron chi connectivity index (χ1n) is 4.19. The summed E-state index contributed by atoms with van der Waals surface area (Å²) in [5, 5.41) is -0.331. The fourth-order valence-electron chi connectivity index (χ4n) is 1.28. The number of nitrogens with two attached hydrogens (primary N) is 1. The predicted molar refractivity (Wildman–Crippen MR) is 48.2 cm³/mol. The molecular formula is C7H16N2O2S. The van der Waals surface area contributed by atoms with Gasteiger partial charge in [0.25, 0.3) is 0 Å². The zero-order chi connectivity index (χ0) is 9.35. The molecule has 0 aromatic carbocycles. The lowest BCUT2D eigenvalue weighted by Gasteiger charge is -2.18. The van der Waals surface area contributed by atoms with Crippen molar-refractivity contribution in [1.82, 2.24) is 4.31 Å². The normalized spacial score (nSPS) is 26.8. The molecule has 72 valence electrons. The van der Waals surface area contributed by atoms with Crippen LogP contribution in [0.25, 0.3) is 0 Å². The molecule has 0 bridgehead atoms. The highest BCUT2D eigenvalue weighted by Crippen LogP contribution is 2.15. The lowest BCUT2D eigenvalue weighted by molar-refractivity contribution is 0.465. The summed E-state index contributed by atoms with van der Waals surface area (Å²) in [5.74, 6) is 0. The molecule has 1 heterocycles. The van der Waals surface area contributed by atoms with Gasteiger partial charge in [-0.2, -0.15) is 0 Å².